The predicted octanol–water partition coefficient (Wildman–Crippen LogP) is 3.59. The average Bonchev–Trinajstić information content (AvgIpc) is 2.73. The fourth-order valence-corrected chi connectivity index (χ4v) is 2.62. The van der Waals surface area contributed by atoms with E-state index < -0.39 is 0 Å². The highest BCUT2D eigenvalue weighted by Crippen LogP contribution is 2.17. The molecule has 6 heteroatoms. The van der Waals surface area contributed by atoms with Gasteiger partial charge in [-0.3, -0.25) is 4.79 Å². The van der Waals surface area contributed by atoms with Gasteiger partial charge in [-0.15, -0.1) is 0 Å². The SMILES string of the molecule is COc1ccc(CNC(=O)c2cc(NC(C)c3ccccc3)ncn2)cc1. The van der Waals surface area contributed by atoms with Gasteiger partial charge in [0, 0.05) is 18.7 Å². The van der Waals surface area contributed by atoms with Crippen molar-refractivity contribution in [1.82, 2.24) is 15.3 Å². The van der Waals surface area contributed by atoms with Crippen molar-refractivity contribution in [2.75, 3.05) is 12.4 Å². The summed E-state index contributed by atoms with van der Waals surface area (Å²) >= 11 is 0. The summed E-state index contributed by atoms with van der Waals surface area (Å²) in [5.41, 5.74) is 2.44. The third kappa shape index (κ3) is 5.04. The lowest BCUT2D eigenvalue weighted by atomic mass is 10.1. The number of hydrogen-bond donors (Lipinski definition) is 2. The summed E-state index contributed by atoms with van der Waals surface area (Å²) in [5, 5.41) is 6.16. The van der Waals surface area contributed by atoms with Crippen LogP contribution in [0.25, 0.3) is 0 Å². The number of aromatic nitrogens is 2. The minimum atomic E-state index is -0.247. The van der Waals surface area contributed by atoms with E-state index in [0.717, 1.165) is 16.9 Å². The molecule has 1 aromatic heterocycles. The van der Waals surface area contributed by atoms with Gasteiger partial charge in [0.1, 0.15) is 23.6 Å². The van der Waals surface area contributed by atoms with Crippen LogP contribution in [0, 0.1) is 0 Å². The molecule has 0 aliphatic carbocycles. The van der Waals surface area contributed by atoms with Crippen LogP contribution in [0.3, 0.4) is 0 Å². The molecule has 6 nitrogen and oxygen atoms in total. The van der Waals surface area contributed by atoms with Gasteiger partial charge in [-0.2, -0.15) is 0 Å². The van der Waals surface area contributed by atoms with Crippen LogP contribution in [0.1, 0.15) is 34.6 Å². The Bertz CT molecular complexity index is 882. The van der Waals surface area contributed by atoms with Crippen LogP contribution in [0.15, 0.2) is 67.0 Å². The maximum Gasteiger partial charge on any atom is 0.270 e. The van der Waals surface area contributed by atoms with Crippen molar-refractivity contribution in [1.29, 1.82) is 0 Å². The van der Waals surface area contributed by atoms with Crippen molar-refractivity contribution in [3.8, 4) is 5.75 Å². The minimum absolute atomic E-state index is 0.0660. The summed E-state index contributed by atoms with van der Waals surface area (Å²) in [6, 6.07) is 19.3. The second-order valence-electron chi connectivity index (χ2n) is 6.10. The largest absolute Gasteiger partial charge is 0.497 e. The molecule has 2 N–H and O–H groups in total. The Balaban J connectivity index is 1.61. The van der Waals surface area contributed by atoms with E-state index in [1.54, 1.807) is 13.2 Å². The molecule has 0 saturated carbocycles. The smallest absolute Gasteiger partial charge is 0.270 e. The summed E-state index contributed by atoms with van der Waals surface area (Å²) in [4.78, 5) is 20.7. The van der Waals surface area contributed by atoms with E-state index in [0.29, 0.717) is 18.1 Å². The van der Waals surface area contributed by atoms with Gasteiger partial charge < -0.3 is 15.4 Å². The molecule has 2 aromatic carbocycles. The fourth-order valence-electron chi connectivity index (χ4n) is 2.62. The summed E-state index contributed by atoms with van der Waals surface area (Å²) < 4.78 is 5.13. The summed E-state index contributed by atoms with van der Waals surface area (Å²) in [7, 11) is 1.62. The molecule has 0 spiro atoms. The molecule has 1 atom stereocenters. The molecule has 3 rings (SSSR count). The molecule has 0 bridgehead atoms. The standard InChI is InChI=1S/C21H22N4O2/c1-15(17-6-4-3-5-7-17)25-20-12-19(23-14-24-20)21(26)22-13-16-8-10-18(27-2)11-9-16/h3-12,14-15H,13H2,1-2H3,(H,22,26)(H,23,24,25). The van der Waals surface area contributed by atoms with Crippen molar-refractivity contribution in [2.24, 2.45) is 0 Å². The van der Waals surface area contributed by atoms with Gasteiger partial charge in [0.2, 0.25) is 0 Å². The average molecular weight is 362 g/mol. The zero-order chi connectivity index (χ0) is 19.1. The molecule has 1 heterocycles. The number of methoxy groups -OCH3 is 1. The van der Waals surface area contributed by atoms with E-state index in [9.17, 15) is 4.79 Å². The van der Waals surface area contributed by atoms with Crippen LogP contribution in [-0.4, -0.2) is 23.0 Å². The number of ether oxygens (including phenoxy) is 1. The van der Waals surface area contributed by atoms with Gasteiger partial charge in [0.05, 0.1) is 7.11 Å². The van der Waals surface area contributed by atoms with Crippen molar-refractivity contribution < 1.29 is 9.53 Å². The van der Waals surface area contributed by atoms with Gasteiger partial charge in [0.15, 0.2) is 0 Å². The van der Waals surface area contributed by atoms with Crippen LogP contribution in [-0.2, 0) is 6.54 Å². The molecule has 138 valence electrons. The van der Waals surface area contributed by atoms with E-state index in [1.165, 1.54) is 6.33 Å². The van der Waals surface area contributed by atoms with E-state index in [-0.39, 0.29) is 11.9 Å². The number of benzene rings is 2. The predicted molar refractivity (Wildman–Crippen MR) is 105 cm³/mol. The third-order valence-corrected chi connectivity index (χ3v) is 4.18. The zero-order valence-electron chi connectivity index (χ0n) is 15.3. The molecule has 3 aromatic rings. The fraction of sp³-hybridized carbons (Fsp3) is 0.190. The maximum atomic E-state index is 12.4. The lowest BCUT2D eigenvalue weighted by Crippen LogP contribution is -2.24. The van der Waals surface area contributed by atoms with Crippen molar-refractivity contribution >= 4 is 11.7 Å². The van der Waals surface area contributed by atoms with Gasteiger partial charge in [0.25, 0.3) is 5.91 Å². The third-order valence-electron chi connectivity index (χ3n) is 4.18. The van der Waals surface area contributed by atoms with Crippen LogP contribution in [0.2, 0.25) is 0 Å². The summed E-state index contributed by atoms with van der Waals surface area (Å²) in [5.74, 6) is 1.14. The monoisotopic (exact) mass is 362 g/mol. The number of amides is 1. The van der Waals surface area contributed by atoms with Gasteiger partial charge >= 0.3 is 0 Å². The Labute approximate surface area is 158 Å². The first-order chi connectivity index (χ1) is 13.2. The first-order valence-corrected chi connectivity index (χ1v) is 8.70. The number of carbonyl (C=O) groups is 1. The van der Waals surface area contributed by atoms with Crippen LogP contribution in [0.4, 0.5) is 5.82 Å². The van der Waals surface area contributed by atoms with Crippen molar-refractivity contribution in [3.63, 3.8) is 0 Å². The second-order valence-corrected chi connectivity index (χ2v) is 6.10. The number of nitrogens with zero attached hydrogens (tertiary/aromatic N) is 2. The normalized spacial score (nSPS) is 11.5. The highest BCUT2D eigenvalue weighted by molar-refractivity contribution is 5.92. The van der Waals surface area contributed by atoms with Gasteiger partial charge in [-0.05, 0) is 30.2 Å². The number of anilines is 1. The number of hydrogen-bond acceptors (Lipinski definition) is 5. The molecular formula is C21H22N4O2. The van der Waals surface area contributed by atoms with Crippen LogP contribution >= 0.6 is 0 Å². The highest BCUT2D eigenvalue weighted by atomic mass is 16.5. The number of rotatable bonds is 7. The molecular weight excluding hydrogens is 340 g/mol. The van der Waals surface area contributed by atoms with Crippen LogP contribution < -0.4 is 15.4 Å². The Morgan fingerprint density at radius 2 is 1.81 bits per heavy atom. The molecule has 0 aliphatic rings. The Morgan fingerprint density at radius 1 is 1.07 bits per heavy atom. The summed E-state index contributed by atoms with van der Waals surface area (Å²) in [6.45, 7) is 2.46. The lowest BCUT2D eigenvalue weighted by Gasteiger charge is -2.15. The maximum absolute atomic E-state index is 12.4. The van der Waals surface area contributed by atoms with Crippen molar-refractivity contribution in [2.45, 2.75) is 19.5 Å². The zero-order valence-corrected chi connectivity index (χ0v) is 15.3. The van der Waals surface area contributed by atoms with Crippen LogP contribution in [0.5, 0.6) is 5.75 Å². The van der Waals surface area contributed by atoms with Crippen molar-refractivity contribution in [3.05, 3.63) is 83.8 Å². The summed E-state index contributed by atoms with van der Waals surface area (Å²) in [6.07, 6.45) is 1.39. The topological polar surface area (TPSA) is 76.1 Å². The Morgan fingerprint density at radius 3 is 2.52 bits per heavy atom. The van der Waals surface area contributed by atoms with E-state index in [4.69, 9.17) is 4.74 Å². The van der Waals surface area contributed by atoms with E-state index in [2.05, 4.69) is 20.6 Å². The molecule has 1 unspecified atom stereocenters. The molecule has 0 fully saturated rings. The quantitative estimate of drug-likeness (QED) is 0.672. The molecule has 1 amide bonds. The number of carbonyl (C=O) groups excluding carboxylic acids is 1. The second kappa shape index (κ2) is 8.80. The lowest BCUT2D eigenvalue weighted by molar-refractivity contribution is 0.0946. The van der Waals surface area contributed by atoms with Gasteiger partial charge in [-0.1, -0.05) is 42.5 Å². The Kier molecular flexibility index (Phi) is 5.99. The van der Waals surface area contributed by atoms with E-state index >= 15 is 0 Å². The Hall–Kier alpha value is -3.41. The minimum Gasteiger partial charge on any atom is -0.497 e. The highest BCUT2D eigenvalue weighted by Gasteiger charge is 2.11. The molecule has 0 saturated heterocycles. The molecule has 0 radical (unpaired) electrons. The molecule has 0 aliphatic heterocycles. The molecule has 27 heavy (non-hydrogen) atoms. The first-order valence-electron chi connectivity index (χ1n) is 8.70. The number of nitrogens with one attached hydrogen (secondary N) is 2. The van der Waals surface area contributed by atoms with Gasteiger partial charge in [-0.25, -0.2) is 9.97 Å². The first kappa shape index (κ1) is 18.4. The van der Waals surface area contributed by atoms with E-state index in [1.807, 2.05) is 61.5 Å².